The van der Waals surface area contributed by atoms with Crippen LogP contribution in [0.2, 0.25) is 0 Å². The van der Waals surface area contributed by atoms with Gasteiger partial charge in [-0.3, -0.25) is 9.59 Å². The average Bonchev–Trinajstić information content (AvgIpc) is 3.09. The second-order valence-corrected chi connectivity index (χ2v) is 6.74. The summed E-state index contributed by atoms with van der Waals surface area (Å²) in [7, 11) is 1.73. The fraction of sp³-hybridized carbons (Fsp3) is 0.364. The Hall–Kier alpha value is -3.61. The van der Waals surface area contributed by atoms with E-state index in [0.717, 1.165) is 6.20 Å². The van der Waals surface area contributed by atoms with Gasteiger partial charge in [0.15, 0.2) is 11.5 Å². The largest absolute Gasteiger partial charge is 0.405 e. The van der Waals surface area contributed by atoms with Crippen molar-refractivity contribution in [1.29, 1.82) is 0 Å². The standard InChI is InChI=1S/C20H18F3N5O2.C2H6/c1-28-8-7-13(19(28)30)6-5-12-3-2-4-14(9-12)18-25-10-15(16(27-18)17(24)29)26-11-20(21,22)23;1-2/h2-4,9-10,13,26H,7-8,11H2,1H3,(H2,24,29);1-2H3/t13-;/m1./s1. The number of hydrogen-bond donors (Lipinski definition) is 2. The van der Waals surface area contributed by atoms with Crippen molar-refractivity contribution in [3.05, 3.63) is 41.7 Å². The molecule has 0 spiro atoms. The molecule has 2 heterocycles. The van der Waals surface area contributed by atoms with E-state index in [0.29, 0.717) is 24.1 Å². The molecule has 2 amide bonds. The molecule has 3 rings (SSSR count). The molecular weight excluding hydrogens is 423 g/mol. The normalized spacial score (nSPS) is 15.4. The van der Waals surface area contributed by atoms with E-state index in [-0.39, 0.29) is 29.0 Å². The number of aromatic nitrogens is 2. The zero-order chi connectivity index (χ0) is 23.9. The fourth-order valence-corrected chi connectivity index (χ4v) is 2.90. The molecule has 1 atom stereocenters. The quantitative estimate of drug-likeness (QED) is 0.702. The first-order valence-corrected chi connectivity index (χ1v) is 9.98. The summed E-state index contributed by atoms with van der Waals surface area (Å²) in [4.78, 5) is 33.3. The lowest BCUT2D eigenvalue weighted by Crippen LogP contribution is -2.24. The van der Waals surface area contributed by atoms with E-state index in [1.165, 1.54) is 0 Å². The van der Waals surface area contributed by atoms with Gasteiger partial charge in [-0.05, 0) is 18.6 Å². The van der Waals surface area contributed by atoms with Gasteiger partial charge in [0.1, 0.15) is 12.5 Å². The zero-order valence-corrected chi connectivity index (χ0v) is 18.0. The summed E-state index contributed by atoms with van der Waals surface area (Å²) in [6, 6.07) is 6.78. The lowest BCUT2D eigenvalue weighted by molar-refractivity contribution is -0.128. The van der Waals surface area contributed by atoms with Crippen molar-refractivity contribution in [3.8, 4) is 23.2 Å². The van der Waals surface area contributed by atoms with Gasteiger partial charge in [0.2, 0.25) is 5.91 Å². The lowest BCUT2D eigenvalue weighted by Gasteiger charge is -2.12. The van der Waals surface area contributed by atoms with Crippen molar-refractivity contribution >= 4 is 17.5 Å². The van der Waals surface area contributed by atoms with Crippen LogP contribution >= 0.6 is 0 Å². The van der Waals surface area contributed by atoms with Gasteiger partial charge in [0, 0.05) is 24.7 Å². The topological polar surface area (TPSA) is 101 Å². The van der Waals surface area contributed by atoms with Crippen LogP contribution in [0.3, 0.4) is 0 Å². The van der Waals surface area contributed by atoms with Gasteiger partial charge in [0.25, 0.3) is 5.91 Å². The molecule has 0 aliphatic carbocycles. The van der Waals surface area contributed by atoms with E-state index >= 15 is 0 Å². The van der Waals surface area contributed by atoms with Crippen molar-refractivity contribution in [1.82, 2.24) is 14.9 Å². The van der Waals surface area contributed by atoms with Crippen LogP contribution in [0.5, 0.6) is 0 Å². The van der Waals surface area contributed by atoms with Crippen molar-refractivity contribution in [3.63, 3.8) is 0 Å². The van der Waals surface area contributed by atoms with Crippen LogP contribution in [0.1, 0.15) is 36.3 Å². The molecule has 1 aliphatic heterocycles. The number of nitrogens with two attached hydrogens (primary N) is 1. The second-order valence-electron chi connectivity index (χ2n) is 6.74. The van der Waals surface area contributed by atoms with Crippen molar-refractivity contribution in [2.45, 2.75) is 26.4 Å². The minimum atomic E-state index is -4.48. The number of halogens is 3. The van der Waals surface area contributed by atoms with Crippen LogP contribution in [0.4, 0.5) is 18.9 Å². The number of carbonyl (C=O) groups is 2. The molecule has 1 aromatic carbocycles. The molecule has 1 saturated heterocycles. The first kappa shape index (κ1) is 24.7. The van der Waals surface area contributed by atoms with Crippen LogP contribution in [-0.2, 0) is 4.79 Å². The third kappa shape index (κ3) is 6.44. The molecule has 3 N–H and O–H groups in total. The predicted molar refractivity (Wildman–Crippen MR) is 115 cm³/mol. The lowest BCUT2D eigenvalue weighted by atomic mass is 10.1. The number of hydrogen-bond acceptors (Lipinski definition) is 5. The van der Waals surface area contributed by atoms with Crippen molar-refractivity contribution < 1.29 is 22.8 Å². The van der Waals surface area contributed by atoms with Gasteiger partial charge in [0.05, 0.1) is 11.9 Å². The Kier molecular flexibility index (Phi) is 8.18. The van der Waals surface area contributed by atoms with Gasteiger partial charge < -0.3 is 16.0 Å². The smallest absolute Gasteiger partial charge is 0.373 e. The number of anilines is 1. The Labute approximate surface area is 184 Å². The Balaban J connectivity index is 0.00000176. The average molecular weight is 447 g/mol. The summed E-state index contributed by atoms with van der Waals surface area (Å²) in [6.07, 6.45) is -2.73. The van der Waals surface area contributed by atoms with Gasteiger partial charge in [-0.25, -0.2) is 9.97 Å². The molecule has 1 fully saturated rings. The van der Waals surface area contributed by atoms with E-state index in [4.69, 9.17) is 5.73 Å². The molecule has 1 aliphatic rings. The van der Waals surface area contributed by atoms with E-state index in [1.807, 2.05) is 13.8 Å². The molecule has 32 heavy (non-hydrogen) atoms. The zero-order valence-electron chi connectivity index (χ0n) is 18.0. The summed E-state index contributed by atoms with van der Waals surface area (Å²) in [5, 5.41) is 2.07. The molecule has 1 aromatic heterocycles. The number of nitrogens with zero attached hydrogens (tertiary/aromatic N) is 3. The highest BCUT2D eigenvalue weighted by Gasteiger charge is 2.28. The van der Waals surface area contributed by atoms with Crippen LogP contribution in [0.15, 0.2) is 30.5 Å². The summed E-state index contributed by atoms with van der Waals surface area (Å²) in [5.41, 5.74) is 5.82. The van der Waals surface area contributed by atoms with Gasteiger partial charge in [-0.1, -0.05) is 37.8 Å². The maximum absolute atomic E-state index is 12.4. The number of nitrogens with one attached hydrogen (secondary N) is 1. The van der Waals surface area contributed by atoms with Gasteiger partial charge >= 0.3 is 6.18 Å². The number of likely N-dealkylation sites (tertiary alicyclic amines) is 1. The number of benzene rings is 1. The maximum Gasteiger partial charge on any atom is 0.405 e. The van der Waals surface area contributed by atoms with Gasteiger partial charge in [-0.2, -0.15) is 13.2 Å². The Morgan fingerprint density at radius 2 is 2.06 bits per heavy atom. The van der Waals surface area contributed by atoms with Crippen molar-refractivity contribution in [2.24, 2.45) is 11.7 Å². The monoisotopic (exact) mass is 447 g/mol. The van der Waals surface area contributed by atoms with Gasteiger partial charge in [-0.15, -0.1) is 0 Å². The van der Waals surface area contributed by atoms with Crippen LogP contribution in [-0.4, -0.2) is 53.0 Å². The molecule has 2 aromatic rings. The summed E-state index contributed by atoms with van der Waals surface area (Å²) < 4.78 is 37.3. The number of primary amides is 1. The highest BCUT2D eigenvalue weighted by molar-refractivity contribution is 5.96. The summed E-state index contributed by atoms with van der Waals surface area (Å²) in [5.74, 6) is 4.66. The van der Waals surface area contributed by atoms with E-state index < -0.39 is 18.6 Å². The third-order valence-corrected chi connectivity index (χ3v) is 4.44. The number of rotatable bonds is 4. The first-order valence-electron chi connectivity index (χ1n) is 9.98. The third-order valence-electron chi connectivity index (χ3n) is 4.44. The highest BCUT2D eigenvalue weighted by Crippen LogP contribution is 2.22. The fourth-order valence-electron chi connectivity index (χ4n) is 2.90. The number of amides is 2. The Morgan fingerprint density at radius 1 is 1.34 bits per heavy atom. The highest BCUT2D eigenvalue weighted by atomic mass is 19.4. The van der Waals surface area contributed by atoms with Crippen LogP contribution in [0, 0.1) is 17.8 Å². The van der Waals surface area contributed by atoms with E-state index in [2.05, 4.69) is 27.1 Å². The predicted octanol–water partition coefficient (Wildman–Crippen LogP) is 3.07. The Morgan fingerprint density at radius 3 is 2.66 bits per heavy atom. The van der Waals surface area contributed by atoms with Crippen LogP contribution in [0.25, 0.3) is 11.4 Å². The second kappa shape index (κ2) is 10.6. The SMILES string of the molecule is CC.CN1CC[C@@H](C#Cc2cccc(-c3ncc(NCC(F)(F)F)c(C(N)=O)n3)c2)C1=O. The molecule has 0 bridgehead atoms. The van der Waals surface area contributed by atoms with Crippen molar-refractivity contribution in [2.75, 3.05) is 25.5 Å². The molecular formula is C22H24F3N5O2. The molecule has 0 saturated carbocycles. The van der Waals surface area contributed by atoms with Crippen LogP contribution < -0.4 is 11.1 Å². The first-order chi connectivity index (χ1) is 15.1. The molecule has 0 radical (unpaired) electrons. The molecule has 170 valence electrons. The summed E-state index contributed by atoms with van der Waals surface area (Å²) in [6.45, 7) is 3.31. The number of carbonyl (C=O) groups excluding carboxylic acids is 2. The van der Waals surface area contributed by atoms with E-state index in [9.17, 15) is 22.8 Å². The number of alkyl halides is 3. The van der Waals surface area contributed by atoms with E-state index in [1.54, 1.807) is 36.2 Å². The Bertz CT molecular complexity index is 1040. The summed E-state index contributed by atoms with van der Waals surface area (Å²) >= 11 is 0. The minimum Gasteiger partial charge on any atom is -0.373 e. The molecule has 0 unspecified atom stereocenters. The maximum atomic E-state index is 12.4. The minimum absolute atomic E-state index is 0.0185. The molecule has 7 nitrogen and oxygen atoms in total. The molecule has 10 heteroatoms.